The van der Waals surface area contributed by atoms with Crippen molar-refractivity contribution in [2.24, 2.45) is 5.92 Å². The molecule has 3 unspecified atom stereocenters. The minimum Gasteiger partial charge on any atom is -0.395 e. The fraction of sp³-hybridized carbons (Fsp3) is 0.923. The Balaban J connectivity index is 2.43. The number of rotatable bonds is 7. The monoisotopic (exact) mass is 256 g/mol. The van der Waals surface area contributed by atoms with Gasteiger partial charge in [-0.15, -0.1) is 0 Å². The van der Waals surface area contributed by atoms with Gasteiger partial charge in [0.05, 0.1) is 12.7 Å². The second-order valence-electron chi connectivity index (χ2n) is 4.86. The van der Waals surface area contributed by atoms with Crippen LogP contribution in [0.2, 0.25) is 0 Å². The molecule has 0 aliphatic heterocycles. The third-order valence-electron chi connectivity index (χ3n) is 3.64. The highest BCUT2D eigenvalue weighted by atomic mass is 32.2. The molecule has 98 valence electrons. The van der Waals surface area contributed by atoms with Crippen LogP contribution in [0, 0.1) is 17.2 Å². The van der Waals surface area contributed by atoms with Crippen LogP contribution in [0.25, 0.3) is 0 Å². The first-order chi connectivity index (χ1) is 8.18. The summed E-state index contributed by atoms with van der Waals surface area (Å²) in [5.74, 6) is 1.52. The molecular weight excluding hydrogens is 232 g/mol. The average molecular weight is 256 g/mol. The molecule has 0 heterocycles. The molecule has 0 aromatic heterocycles. The van der Waals surface area contributed by atoms with E-state index >= 15 is 0 Å². The van der Waals surface area contributed by atoms with Crippen LogP contribution in [0.3, 0.4) is 0 Å². The summed E-state index contributed by atoms with van der Waals surface area (Å²) >= 11 is 1.81. The zero-order chi connectivity index (χ0) is 12.7. The van der Waals surface area contributed by atoms with Crippen LogP contribution in [0.1, 0.15) is 39.5 Å². The van der Waals surface area contributed by atoms with Crippen molar-refractivity contribution in [2.45, 2.75) is 50.3 Å². The molecule has 0 spiro atoms. The Morgan fingerprint density at radius 3 is 3.00 bits per heavy atom. The summed E-state index contributed by atoms with van der Waals surface area (Å²) in [6, 6.07) is 2.51. The van der Waals surface area contributed by atoms with E-state index in [0.717, 1.165) is 38.0 Å². The van der Waals surface area contributed by atoms with Gasteiger partial charge in [0.1, 0.15) is 5.54 Å². The normalized spacial score (nSPS) is 30.1. The maximum Gasteiger partial charge on any atom is 0.109 e. The molecule has 0 bridgehead atoms. The van der Waals surface area contributed by atoms with Crippen molar-refractivity contribution in [3.63, 3.8) is 0 Å². The van der Waals surface area contributed by atoms with Gasteiger partial charge in [-0.2, -0.15) is 17.0 Å². The smallest absolute Gasteiger partial charge is 0.109 e. The highest BCUT2D eigenvalue weighted by Gasteiger charge is 2.41. The summed E-state index contributed by atoms with van der Waals surface area (Å²) in [5.41, 5.74) is -0.280. The molecule has 0 amide bonds. The van der Waals surface area contributed by atoms with E-state index in [-0.39, 0.29) is 12.1 Å². The summed E-state index contributed by atoms with van der Waals surface area (Å²) in [5, 5.41) is 22.1. The third kappa shape index (κ3) is 3.87. The minimum atomic E-state index is -0.280. The van der Waals surface area contributed by atoms with Crippen LogP contribution in [-0.4, -0.2) is 34.8 Å². The van der Waals surface area contributed by atoms with Gasteiger partial charge in [0.2, 0.25) is 0 Å². The quantitative estimate of drug-likeness (QED) is 0.733. The molecule has 1 rings (SSSR count). The van der Waals surface area contributed by atoms with E-state index in [9.17, 15) is 5.26 Å². The van der Waals surface area contributed by atoms with E-state index < -0.39 is 0 Å². The molecular formula is C13H24N2OS. The van der Waals surface area contributed by atoms with Crippen LogP contribution in [0.5, 0.6) is 0 Å². The summed E-state index contributed by atoms with van der Waals surface area (Å²) < 4.78 is 0. The second-order valence-corrected chi connectivity index (χ2v) is 6.40. The van der Waals surface area contributed by atoms with Gasteiger partial charge < -0.3 is 5.11 Å². The molecule has 4 heteroatoms. The third-order valence-corrected chi connectivity index (χ3v) is 4.83. The van der Waals surface area contributed by atoms with Gasteiger partial charge in [0, 0.05) is 5.25 Å². The van der Waals surface area contributed by atoms with Crippen molar-refractivity contribution in [2.75, 3.05) is 18.9 Å². The van der Waals surface area contributed by atoms with E-state index in [0.29, 0.717) is 11.2 Å². The summed E-state index contributed by atoms with van der Waals surface area (Å²) in [6.45, 7) is 5.22. The Hall–Kier alpha value is -0.240. The summed E-state index contributed by atoms with van der Waals surface area (Å²) in [6.07, 6.45) is 4.39. The van der Waals surface area contributed by atoms with Crippen LogP contribution in [-0.2, 0) is 0 Å². The molecule has 0 aromatic rings. The van der Waals surface area contributed by atoms with Crippen LogP contribution in [0.4, 0.5) is 0 Å². The van der Waals surface area contributed by atoms with Crippen molar-refractivity contribution in [1.82, 2.24) is 5.32 Å². The molecule has 1 saturated carbocycles. The zero-order valence-electron chi connectivity index (χ0n) is 10.9. The molecule has 0 radical (unpaired) electrons. The Labute approximate surface area is 109 Å². The average Bonchev–Trinajstić information content (AvgIpc) is 2.73. The number of hydrogen-bond donors (Lipinski definition) is 2. The largest absolute Gasteiger partial charge is 0.395 e. The molecule has 3 atom stereocenters. The van der Waals surface area contributed by atoms with E-state index in [1.165, 1.54) is 0 Å². The van der Waals surface area contributed by atoms with Crippen LogP contribution in [0.15, 0.2) is 0 Å². The highest BCUT2D eigenvalue weighted by Crippen LogP contribution is 2.38. The zero-order valence-corrected chi connectivity index (χ0v) is 11.7. The molecule has 0 saturated heterocycles. The number of nitriles is 1. The van der Waals surface area contributed by atoms with Gasteiger partial charge in [-0.3, -0.25) is 5.32 Å². The van der Waals surface area contributed by atoms with Gasteiger partial charge in [-0.05, 0) is 37.5 Å². The number of aliphatic hydroxyl groups is 1. The van der Waals surface area contributed by atoms with Crippen molar-refractivity contribution < 1.29 is 5.11 Å². The fourth-order valence-electron chi connectivity index (χ4n) is 2.67. The van der Waals surface area contributed by atoms with E-state index in [2.05, 4.69) is 18.3 Å². The van der Waals surface area contributed by atoms with Crippen LogP contribution < -0.4 is 5.32 Å². The summed E-state index contributed by atoms with van der Waals surface area (Å²) in [7, 11) is 0. The van der Waals surface area contributed by atoms with Gasteiger partial charge in [-0.1, -0.05) is 20.3 Å². The topological polar surface area (TPSA) is 56.0 Å². The van der Waals surface area contributed by atoms with Crippen molar-refractivity contribution in [1.29, 1.82) is 5.26 Å². The van der Waals surface area contributed by atoms with Crippen LogP contribution >= 0.6 is 11.8 Å². The minimum absolute atomic E-state index is 0.242. The lowest BCUT2D eigenvalue weighted by Crippen LogP contribution is -2.47. The molecule has 17 heavy (non-hydrogen) atoms. The lowest BCUT2D eigenvalue weighted by atomic mass is 9.86. The molecule has 3 nitrogen and oxygen atoms in total. The molecule has 1 aliphatic carbocycles. The first-order valence-electron chi connectivity index (χ1n) is 6.57. The Morgan fingerprint density at radius 2 is 2.41 bits per heavy atom. The Morgan fingerprint density at radius 1 is 1.65 bits per heavy atom. The molecule has 2 N–H and O–H groups in total. The van der Waals surface area contributed by atoms with Gasteiger partial charge >= 0.3 is 0 Å². The lowest BCUT2D eigenvalue weighted by molar-refractivity contribution is 0.299. The lowest BCUT2D eigenvalue weighted by Gasteiger charge is -2.29. The predicted octanol–water partition coefficient (Wildman–Crippen LogP) is 2.16. The molecule has 0 aromatic carbocycles. The first-order valence-corrected chi connectivity index (χ1v) is 7.62. The SMILES string of the molecule is CCNC1(C#N)CCCC1CCSC(C)CO. The Bertz CT molecular complexity index is 267. The number of aliphatic hydroxyl groups excluding tert-OH is 1. The van der Waals surface area contributed by atoms with Gasteiger partial charge in [0.15, 0.2) is 0 Å². The molecule has 1 fully saturated rings. The summed E-state index contributed by atoms with van der Waals surface area (Å²) in [4.78, 5) is 0. The first kappa shape index (κ1) is 14.8. The number of thioether (sulfide) groups is 1. The number of nitrogens with zero attached hydrogens (tertiary/aromatic N) is 1. The van der Waals surface area contributed by atoms with Crippen molar-refractivity contribution in [3.8, 4) is 6.07 Å². The molecule has 1 aliphatic rings. The maximum absolute atomic E-state index is 9.41. The van der Waals surface area contributed by atoms with E-state index in [1.807, 2.05) is 6.92 Å². The number of hydrogen-bond acceptors (Lipinski definition) is 4. The van der Waals surface area contributed by atoms with E-state index in [4.69, 9.17) is 5.11 Å². The van der Waals surface area contributed by atoms with Crippen molar-refractivity contribution >= 4 is 11.8 Å². The second kappa shape index (κ2) is 7.25. The standard InChI is InChI=1S/C13H24N2OS/c1-3-15-13(10-14)7-4-5-12(13)6-8-17-11(2)9-16/h11-12,15-16H,3-9H2,1-2H3. The maximum atomic E-state index is 9.41. The fourth-order valence-corrected chi connectivity index (χ4v) is 3.60. The van der Waals surface area contributed by atoms with Crippen molar-refractivity contribution in [3.05, 3.63) is 0 Å². The predicted molar refractivity (Wildman–Crippen MR) is 73.0 cm³/mol. The highest BCUT2D eigenvalue weighted by molar-refractivity contribution is 7.99. The van der Waals surface area contributed by atoms with Gasteiger partial charge in [0.25, 0.3) is 0 Å². The number of nitrogens with one attached hydrogen (secondary N) is 1. The van der Waals surface area contributed by atoms with E-state index in [1.54, 1.807) is 11.8 Å². The Kier molecular flexibility index (Phi) is 6.32. The van der Waals surface area contributed by atoms with Gasteiger partial charge in [-0.25, -0.2) is 0 Å².